The molecule has 2 heterocycles. The number of nitrogens with zero attached hydrogens (tertiary/aromatic N) is 3. The summed E-state index contributed by atoms with van der Waals surface area (Å²) in [6, 6.07) is 3.75. The molecule has 2 saturated carbocycles. The van der Waals surface area contributed by atoms with Crippen LogP contribution in [0.15, 0.2) is 4.99 Å². The first-order valence-electron chi connectivity index (χ1n) is 9.90. The average Bonchev–Trinajstić information content (AvgIpc) is 3.16. The predicted molar refractivity (Wildman–Crippen MR) is 103 cm³/mol. The van der Waals surface area contributed by atoms with Crippen LogP contribution in [-0.2, 0) is 0 Å². The lowest BCUT2D eigenvalue weighted by atomic mass is 9.80. The molecule has 5 nitrogen and oxygen atoms in total. The van der Waals surface area contributed by atoms with E-state index in [0.717, 1.165) is 18.0 Å². The van der Waals surface area contributed by atoms with E-state index in [9.17, 15) is 5.26 Å². The van der Waals surface area contributed by atoms with Crippen LogP contribution in [0, 0.1) is 29.1 Å². The molecule has 0 bridgehead atoms. The molecular weight excluding hydrogens is 330 g/mol. The molecule has 2 aliphatic carbocycles. The molecule has 2 aliphatic heterocycles. The molecular formula is C19H31N5S. The van der Waals surface area contributed by atoms with E-state index in [4.69, 9.17) is 4.99 Å². The summed E-state index contributed by atoms with van der Waals surface area (Å²) in [7, 11) is 4.40. The topological polar surface area (TPSA) is 63.4 Å². The summed E-state index contributed by atoms with van der Waals surface area (Å²) >= 11 is 2.12. The van der Waals surface area contributed by atoms with Crippen molar-refractivity contribution in [3.05, 3.63) is 0 Å². The summed E-state index contributed by atoms with van der Waals surface area (Å²) in [6.45, 7) is 0.742. The summed E-state index contributed by atoms with van der Waals surface area (Å²) in [5.41, 5.74) is 0. The Labute approximate surface area is 156 Å². The second kappa shape index (κ2) is 7.46. The van der Waals surface area contributed by atoms with Crippen molar-refractivity contribution in [1.29, 1.82) is 5.26 Å². The second-order valence-corrected chi connectivity index (χ2v) is 9.80. The fourth-order valence-electron chi connectivity index (χ4n) is 5.49. The van der Waals surface area contributed by atoms with Gasteiger partial charge in [-0.15, -0.1) is 11.8 Å². The maximum atomic E-state index is 9.22. The van der Waals surface area contributed by atoms with Crippen LogP contribution in [0.3, 0.4) is 0 Å². The van der Waals surface area contributed by atoms with Gasteiger partial charge in [-0.05, 0) is 64.5 Å². The first kappa shape index (κ1) is 17.6. The number of aliphatic imine (C=N–C) groups is 1. The minimum Gasteiger partial charge on any atom is -0.371 e. The van der Waals surface area contributed by atoms with Gasteiger partial charge >= 0.3 is 0 Å². The molecule has 4 aliphatic rings. The third kappa shape index (κ3) is 3.43. The standard InChI is InChI=1S/C19H31N5S/c1-24(2)14-6-4-13(5-7-14)23-18-17-16-12(9-10-20)3-8-15(16)25-19(17)22-11-21-18/h12-17,19,22H,3-9,11H2,1-2H3,(H,21,23)/t12?,13?,14?,15?,16-,17?,19?/m1/s1. The van der Waals surface area contributed by atoms with Crippen LogP contribution in [0.5, 0.6) is 0 Å². The molecule has 138 valence electrons. The van der Waals surface area contributed by atoms with Crippen molar-refractivity contribution in [1.82, 2.24) is 15.5 Å². The summed E-state index contributed by atoms with van der Waals surface area (Å²) in [5, 5.41) is 17.9. The zero-order valence-corrected chi connectivity index (χ0v) is 16.3. The minimum absolute atomic E-state index is 0.483. The lowest BCUT2D eigenvalue weighted by Gasteiger charge is -2.37. The number of fused-ring (bicyclic) bond motifs is 3. The molecule has 0 amide bonds. The molecule has 4 rings (SSSR count). The van der Waals surface area contributed by atoms with Gasteiger partial charge in [0.1, 0.15) is 5.84 Å². The van der Waals surface area contributed by atoms with Crippen LogP contribution in [0.4, 0.5) is 0 Å². The Morgan fingerprint density at radius 3 is 2.76 bits per heavy atom. The summed E-state index contributed by atoms with van der Waals surface area (Å²) in [5.74, 6) is 2.93. The normalized spacial score (nSPS) is 43.3. The van der Waals surface area contributed by atoms with E-state index in [0.29, 0.717) is 35.6 Å². The highest BCUT2D eigenvalue weighted by Gasteiger charge is 2.53. The summed E-state index contributed by atoms with van der Waals surface area (Å²) < 4.78 is 0. The Bertz CT molecular complexity index is 549. The maximum absolute atomic E-state index is 9.22. The van der Waals surface area contributed by atoms with Gasteiger partial charge in [0.05, 0.1) is 18.1 Å². The number of hydrogen-bond acceptors (Lipinski definition) is 6. The Kier molecular flexibility index (Phi) is 5.26. The van der Waals surface area contributed by atoms with Crippen molar-refractivity contribution >= 4 is 17.6 Å². The Hall–Kier alpha value is -0.770. The van der Waals surface area contributed by atoms with Crippen LogP contribution in [0.1, 0.15) is 44.9 Å². The maximum Gasteiger partial charge on any atom is 0.104 e. The molecule has 6 heteroatoms. The Balaban J connectivity index is 1.43. The first-order chi connectivity index (χ1) is 12.2. The third-order valence-corrected chi connectivity index (χ3v) is 8.50. The molecule has 1 saturated heterocycles. The summed E-state index contributed by atoms with van der Waals surface area (Å²) in [6.07, 6.45) is 8.26. The number of rotatable bonds is 3. The van der Waals surface area contributed by atoms with E-state index in [-0.39, 0.29) is 0 Å². The van der Waals surface area contributed by atoms with Gasteiger partial charge in [0.15, 0.2) is 0 Å². The quantitative estimate of drug-likeness (QED) is 0.808. The van der Waals surface area contributed by atoms with Gasteiger partial charge in [-0.2, -0.15) is 5.26 Å². The van der Waals surface area contributed by atoms with Gasteiger partial charge in [0.25, 0.3) is 0 Å². The van der Waals surface area contributed by atoms with Crippen molar-refractivity contribution < 1.29 is 0 Å². The van der Waals surface area contributed by atoms with Crippen molar-refractivity contribution in [3.63, 3.8) is 0 Å². The van der Waals surface area contributed by atoms with Crippen molar-refractivity contribution in [3.8, 4) is 6.07 Å². The molecule has 0 radical (unpaired) electrons. The van der Waals surface area contributed by atoms with Crippen molar-refractivity contribution in [2.75, 3.05) is 20.8 Å². The largest absolute Gasteiger partial charge is 0.371 e. The van der Waals surface area contributed by atoms with Crippen LogP contribution >= 0.6 is 11.8 Å². The van der Waals surface area contributed by atoms with Gasteiger partial charge in [-0.3, -0.25) is 10.3 Å². The second-order valence-electron chi connectivity index (χ2n) is 8.42. The van der Waals surface area contributed by atoms with E-state index in [1.165, 1.54) is 44.4 Å². The monoisotopic (exact) mass is 361 g/mol. The number of nitriles is 1. The van der Waals surface area contributed by atoms with E-state index in [1.54, 1.807) is 0 Å². The lowest BCUT2D eigenvalue weighted by molar-refractivity contribution is 0.209. The van der Waals surface area contributed by atoms with Crippen LogP contribution in [-0.4, -0.2) is 54.2 Å². The highest BCUT2D eigenvalue weighted by atomic mass is 32.2. The van der Waals surface area contributed by atoms with E-state index in [2.05, 4.69) is 47.5 Å². The van der Waals surface area contributed by atoms with E-state index < -0.39 is 0 Å². The number of hydrogen-bond donors (Lipinski definition) is 2. The van der Waals surface area contributed by atoms with Gasteiger partial charge in [-0.1, -0.05) is 0 Å². The molecule has 5 atom stereocenters. The lowest BCUT2D eigenvalue weighted by Crippen LogP contribution is -2.52. The zero-order chi connectivity index (χ0) is 17.4. The van der Waals surface area contributed by atoms with E-state index in [1.807, 2.05) is 0 Å². The highest BCUT2D eigenvalue weighted by Crippen LogP contribution is 2.54. The predicted octanol–water partition coefficient (Wildman–Crippen LogP) is 2.41. The van der Waals surface area contributed by atoms with Gasteiger partial charge in [0, 0.05) is 29.7 Å². The Morgan fingerprint density at radius 1 is 1.24 bits per heavy atom. The van der Waals surface area contributed by atoms with Crippen LogP contribution in [0.2, 0.25) is 0 Å². The average molecular weight is 362 g/mol. The zero-order valence-electron chi connectivity index (χ0n) is 15.4. The van der Waals surface area contributed by atoms with Crippen molar-refractivity contribution in [2.24, 2.45) is 22.7 Å². The van der Waals surface area contributed by atoms with Crippen molar-refractivity contribution in [2.45, 2.75) is 67.7 Å². The smallest absolute Gasteiger partial charge is 0.104 e. The van der Waals surface area contributed by atoms with Crippen LogP contribution in [0.25, 0.3) is 0 Å². The first-order valence-corrected chi connectivity index (χ1v) is 10.8. The number of thioether (sulfide) groups is 1. The molecule has 0 aromatic heterocycles. The molecule has 4 unspecified atom stereocenters. The minimum atomic E-state index is 0.483. The molecule has 0 aromatic carbocycles. The fraction of sp³-hybridized carbons (Fsp3) is 0.895. The molecule has 0 spiro atoms. The third-order valence-electron chi connectivity index (χ3n) is 6.85. The summed E-state index contributed by atoms with van der Waals surface area (Å²) in [4.78, 5) is 7.24. The number of nitrogens with one attached hydrogen (secondary N) is 2. The molecule has 25 heavy (non-hydrogen) atoms. The Morgan fingerprint density at radius 2 is 2.04 bits per heavy atom. The van der Waals surface area contributed by atoms with E-state index >= 15 is 0 Å². The van der Waals surface area contributed by atoms with Gasteiger partial charge in [0.2, 0.25) is 0 Å². The molecule has 3 fully saturated rings. The molecule has 2 N–H and O–H groups in total. The highest BCUT2D eigenvalue weighted by molar-refractivity contribution is 8.00. The SMILES string of the molecule is CN(C)C1CCC(NC2=NCNC3SC4CCC(CC#N)[C@H]4C23)CC1. The molecule has 0 aromatic rings. The number of amidine groups is 1. The van der Waals surface area contributed by atoms with Gasteiger partial charge in [-0.25, -0.2) is 0 Å². The van der Waals surface area contributed by atoms with Crippen LogP contribution < -0.4 is 10.6 Å². The fourth-order valence-corrected chi connectivity index (χ4v) is 7.37. The van der Waals surface area contributed by atoms with Gasteiger partial charge < -0.3 is 10.2 Å².